The summed E-state index contributed by atoms with van der Waals surface area (Å²) in [6.07, 6.45) is 2.18. The van der Waals surface area contributed by atoms with E-state index in [9.17, 15) is 4.79 Å². The molecule has 24 heavy (non-hydrogen) atoms. The molecule has 7 nitrogen and oxygen atoms in total. The summed E-state index contributed by atoms with van der Waals surface area (Å²) in [4.78, 5) is 14.8. The molecule has 0 spiro atoms. The first-order chi connectivity index (χ1) is 11.4. The summed E-state index contributed by atoms with van der Waals surface area (Å²) in [5, 5.41) is 11.2. The van der Waals surface area contributed by atoms with Crippen LogP contribution < -0.4 is 5.32 Å². The Bertz CT molecular complexity index is 720. The Morgan fingerprint density at radius 3 is 2.83 bits per heavy atom. The third-order valence-electron chi connectivity index (χ3n) is 4.67. The molecule has 0 aromatic carbocycles. The van der Waals surface area contributed by atoms with Gasteiger partial charge in [-0.3, -0.25) is 14.4 Å². The van der Waals surface area contributed by atoms with Crippen molar-refractivity contribution in [3.05, 3.63) is 29.3 Å². The number of hydrogen-bond donors (Lipinski definition) is 1. The van der Waals surface area contributed by atoms with Gasteiger partial charge in [0.25, 0.3) is 0 Å². The maximum atomic E-state index is 12.5. The van der Waals surface area contributed by atoms with Crippen LogP contribution in [-0.2, 0) is 11.3 Å². The molecule has 0 bridgehead atoms. The van der Waals surface area contributed by atoms with Gasteiger partial charge >= 0.3 is 0 Å². The quantitative estimate of drug-likeness (QED) is 0.910. The number of nitrogens with one attached hydrogen (secondary N) is 1. The van der Waals surface area contributed by atoms with Crippen LogP contribution in [0.5, 0.6) is 0 Å². The number of carbonyl (C=O) groups is 1. The fourth-order valence-electron chi connectivity index (χ4n) is 3.43. The normalized spacial score (nSPS) is 19.6. The number of carbonyl (C=O) groups excluding carboxylic acids is 1. The van der Waals surface area contributed by atoms with E-state index >= 15 is 0 Å². The molecule has 0 radical (unpaired) electrons. The number of anilines is 1. The highest BCUT2D eigenvalue weighted by atomic mass is 16.5. The lowest BCUT2D eigenvalue weighted by Crippen LogP contribution is -2.46. The van der Waals surface area contributed by atoms with E-state index in [0.717, 1.165) is 37.3 Å². The number of aromatic nitrogens is 3. The minimum atomic E-state index is -0.216. The van der Waals surface area contributed by atoms with Crippen molar-refractivity contribution in [1.82, 2.24) is 19.8 Å². The molecule has 130 valence electrons. The predicted molar refractivity (Wildman–Crippen MR) is 90.8 cm³/mol. The SMILES string of the molecule is Cc1cc(C)n(CC2CCCN2C(C)C(=O)Nc2cc(C)on2)n1. The van der Waals surface area contributed by atoms with Crippen LogP contribution in [0.3, 0.4) is 0 Å². The highest BCUT2D eigenvalue weighted by molar-refractivity contribution is 5.93. The van der Waals surface area contributed by atoms with Crippen molar-refractivity contribution < 1.29 is 9.32 Å². The Morgan fingerprint density at radius 2 is 2.21 bits per heavy atom. The average Bonchev–Trinajstić information content (AvgIpc) is 3.21. The molecule has 1 saturated heterocycles. The summed E-state index contributed by atoms with van der Waals surface area (Å²) < 4.78 is 7.04. The molecular formula is C17H25N5O2. The maximum absolute atomic E-state index is 12.5. The monoisotopic (exact) mass is 331 g/mol. The molecule has 1 fully saturated rings. The Labute approximate surface area is 142 Å². The Kier molecular flexibility index (Phi) is 4.71. The molecule has 2 unspecified atom stereocenters. The second-order valence-electron chi connectivity index (χ2n) is 6.63. The Hall–Kier alpha value is -2.15. The summed E-state index contributed by atoms with van der Waals surface area (Å²) >= 11 is 0. The molecule has 1 aliphatic rings. The molecule has 3 heterocycles. The third kappa shape index (κ3) is 3.51. The highest BCUT2D eigenvalue weighted by Crippen LogP contribution is 2.23. The maximum Gasteiger partial charge on any atom is 0.242 e. The Balaban J connectivity index is 1.65. The second-order valence-corrected chi connectivity index (χ2v) is 6.63. The van der Waals surface area contributed by atoms with E-state index in [0.29, 0.717) is 17.6 Å². The van der Waals surface area contributed by atoms with Crippen molar-refractivity contribution in [1.29, 1.82) is 0 Å². The van der Waals surface area contributed by atoms with Crippen molar-refractivity contribution in [2.75, 3.05) is 11.9 Å². The van der Waals surface area contributed by atoms with E-state index in [-0.39, 0.29) is 11.9 Å². The number of aryl methyl sites for hydroxylation is 3. The zero-order chi connectivity index (χ0) is 17.3. The predicted octanol–water partition coefficient (Wildman–Crippen LogP) is 2.29. The lowest BCUT2D eigenvalue weighted by molar-refractivity contribution is -0.121. The van der Waals surface area contributed by atoms with Crippen molar-refractivity contribution in [3.63, 3.8) is 0 Å². The fourth-order valence-corrected chi connectivity index (χ4v) is 3.43. The summed E-state index contributed by atoms with van der Waals surface area (Å²) in [7, 11) is 0. The van der Waals surface area contributed by atoms with Gasteiger partial charge in [-0.15, -0.1) is 0 Å². The van der Waals surface area contributed by atoms with Gasteiger partial charge in [0.2, 0.25) is 5.91 Å². The summed E-state index contributed by atoms with van der Waals surface area (Å²) in [5.41, 5.74) is 2.19. The van der Waals surface area contributed by atoms with Gasteiger partial charge in [0.05, 0.1) is 18.3 Å². The van der Waals surface area contributed by atoms with Crippen LogP contribution in [0.15, 0.2) is 16.7 Å². The van der Waals surface area contributed by atoms with Gasteiger partial charge in [0, 0.05) is 17.8 Å². The second kappa shape index (κ2) is 6.76. The lowest BCUT2D eigenvalue weighted by Gasteiger charge is -2.29. The van der Waals surface area contributed by atoms with Crippen molar-refractivity contribution in [3.8, 4) is 0 Å². The van der Waals surface area contributed by atoms with Crippen LogP contribution >= 0.6 is 0 Å². The number of nitrogens with zero attached hydrogens (tertiary/aromatic N) is 4. The molecular weight excluding hydrogens is 306 g/mol. The topological polar surface area (TPSA) is 76.2 Å². The first-order valence-corrected chi connectivity index (χ1v) is 8.45. The highest BCUT2D eigenvalue weighted by Gasteiger charge is 2.32. The van der Waals surface area contributed by atoms with E-state index in [2.05, 4.69) is 33.5 Å². The van der Waals surface area contributed by atoms with Gasteiger partial charge < -0.3 is 9.84 Å². The minimum absolute atomic E-state index is 0.0523. The van der Waals surface area contributed by atoms with Gasteiger partial charge in [-0.25, -0.2) is 0 Å². The zero-order valence-electron chi connectivity index (χ0n) is 14.7. The van der Waals surface area contributed by atoms with Gasteiger partial charge in [-0.2, -0.15) is 5.10 Å². The van der Waals surface area contributed by atoms with Crippen LogP contribution in [0.2, 0.25) is 0 Å². The van der Waals surface area contributed by atoms with Crippen LogP contribution in [0.25, 0.3) is 0 Å². The lowest BCUT2D eigenvalue weighted by atomic mass is 10.2. The average molecular weight is 331 g/mol. The van der Waals surface area contributed by atoms with Crippen LogP contribution in [-0.4, -0.2) is 44.4 Å². The van der Waals surface area contributed by atoms with Crippen molar-refractivity contribution in [2.45, 2.75) is 59.2 Å². The van der Waals surface area contributed by atoms with Gasteiger partial charge in [-0.1, -0.05) is 5.16 Å². The molecule has 1 amide bonds. The fraction of sp³-hybridized carbons (Fsp3) is 0.588. The first kappa shape index (κ1) is 16.7. The first-order valence-electron chi connectivity index (χ1n) is 8.45. The number of likely N-dealkylation sites (tertiary alicyclic amines) is 1. The molecule has 3 rings (SSSR count). The Morgan fingerprint density at radius 1 is 1.42 bits per heavy atom. The van der Waals surface area contributed by atoms with Crippen molar-refractivity contribution >= 4 is 11.7 Å². The zero-order valence-corrected chi connectivity index (χ0v) is 14.7. The molecule has 0 aliphatic carbocycles. The molecule has 2 aromatic rings. The van der Waals surface area contributed by atoms with Gasteiger partial charge in [0.15, 0.2) is 5.82 Å². The molecule has 7 heteroatoms. The number of amides is 1. The van der Waals surface area contributed by atoms with Crippen LogP contribution in [0.4, 0.5) is 5.82 Å². The van der Waals surface area contributed by atoms with Crippen molar-refractivity contribution in [2.24, 2.45) is 0 Å². The van der Waals surface area contributed by atoms with E-state index in [1.54, 1.807) is 13.0 Å². The van der Waals surface area contributed by atoms with E-state index in [1.807, 2.05) is 18.5 Å². The summed E-state index contributed by atoms with van der Waals surface area (Å²) in [6.45, 7) is 9.57. The van der Waals surface area contributed by atoms with Gasteiger partial charge in [-0.05, 0) is 53.1 Å². The third-order valence-corrected chi connectivity index (χ3v) is 4.67. The smallest absolute Gasteiger partial charge is 0.242 e. The van der Waals surface area contributed by atoms with Gasteiger partial charge in [0.1, 0.15) is 5.76 Å². The van der Waals surface area contributed by atoms with E-state index < -0.39 is 0 Å². The van der Waals surface area contributed by atoms with E-state index in [1.165, 1.54) is 0 Å². The standard InChI is InChI=1S/C17H25N5O2/c1-11-8-12(2)22(19-11)10-15-6-5-7-21(15)14(4)17(23)18-16-9-13(3)24-20-16/h8-9,14-15H,5-7,10H2,1-4H3,(H,18,20,23). The molecule has 0 saturated carbocycles. The van der Waals surface area contributed by atoms with E-state index in [4.69, 9.17) is 4.52 Å². The molecule has 1 N–H and O–H groups in total. The number of rotatable bonds is 5. The molecule has 2 aromatic heterocycles. The number of hydrogen-bond acceptors (Lipinski definition) is 5. The summed E-state index contributed by atoms with van der Waals surface area (Å²) in [6, 6.07) is 3.92. The minimum Gasteiger partial charge on any atom is -0.360 e. The van der Waals surface area contributed by atoms with Crippen LogP contribution in [0, 0.1) is 20.8 Å². The molecule has 2 atom stereocenters. The molecule has 1 aliphatic heterocycles. The largest absolute Gasteiger partial charge is 0.360 e. The van der Waals surface area contributed by atoms with Crippen LogP contribution in [0.1, 0.15) is 36.9 Å². The summed E-state index contributed by atoms with van der Waals surface area (Å²) in [5.74, 6) is 1.10.